The molecule has 0 bridgehead atoms. The van der Waals surface area contributed by atoms with Crippen LogP contribution in [0.4, 0.5) is 5.69 Å². The maximum atomic E-state index is 10.8. The van der Waals surface area contributed by atoms with Crippen molar-refractivity contribution < 1.29 is 19.8 Å². The third kappa shape index (κ3) is 2.23. The first-order chi connectivity index (χ1) is 6.93. The number of aliphatic carboxylic acids is 1. The number of hydrogen-bond acceptors (Lipinski definition) is 4. The summed E-state index contributed by atoms with van der Waals surface area (Å²) in [6, 6.07) is 2.53. The van der Waals surface area contributed by atoms with Gasteiger partial charge in [-0.25, -0.2) is 4.79 Å². The lowest BCUT2D eigenvalue weighted by atomic mass is 10.0. The summed E-state index contributed by atoms with van der Waals surface area (Å²) in [4.78, 5) is 21.4. The number of hydrogen-bond donors (Lipinski definition) is 4. The number of aromatic carboxylic acids is 1. The van der Waals surface area contributed by atoms with Gasteiger partial charge in [0.25, 0.3) is 0 Å². The van der Waals surface area contributed by atoms with E-state index < -0.39 is 18.0 Å². The van der Waals surface area contributed by atoms with E-state index in [0.29, 0.717) is 0 Å². The van der Waals surface area contributed by atoms with Crippen LogP contribution in [0, 0.1) is 0 Å². The van der Waals surface area contributed by atoms with Crippen LogP contribution in [-0.4, -0.2) is 22.2 Å². The highest BCUT2D eigenvalue weighted by Crippen LogP contribution is 2.19. The Bertz CT molecular complexity index is 417. The summed E-state index contributed by atoms with van der Waals surface area (Å²) < 4.78 is 0. The van der Waals surface area contributed by atoms with Gasteiger partial charge < -0.3 is 21.7 Å². The molecule has 0 saturated heterocycles. The molecular weight excluding hydrogens is 200 g/mol. The summed E-state index contributed by atoms with van der Waals surface area (Å²) in [6.07, 6.45) is 0. The summed E-state index contributed by atoms with van der Waals surface area (Å²) in [7, 11) is 0. The third-order valence-corrected chi connectivity index (χ3v) is 1.91. The number of carbonyl (C=O) groups is 2. The molecule has 0 radical (unpaired) electrons. The number of carboxylic acids is 2. The largest absolute Gasteiger partial charge is 0.480 e. The minimum absolute atomic E-state index is 0.0317. The maximum absolute atomic E-state index is 10.8. The monoisotopic (exact) mass is 210 g/mol. The number of nitrogen functional groups attached to an aromatic ring is 1. The summed E-state index contributed by atoms with van der Waals surface area (Å²) in [5.41, 5.74) is 10.8. The number of benzene rings is 1. The zero-order valence-electron chi connectivity index (χ0n) is 7.68. The Hall–Kier alpha value is -2.08. The molecule has 6 N–H and O–H groups in total. The minimum atomic E-state index is -1.36. The van der Waals surface area contributed by atoms with Gasteiger partial charge in [-0.05, 0) is 17.7 Å². The second-order valence-electron chi connectivity index (χ2n) is 2.97. The Morgan fingerprint density at radius 1 is 1.27 bits per heavy atom. The molecule has 0 fully saturated rings. The average Bonchev–Trinajstić information content (AvgIpc) is 2.16. The molecular formula is C9H10N2O4. The lowest BCUT2D eigenvalue weighted by Gasteiger charge is -2.10. The molecule has 1 aromatic rings. The molecule has 1 atom stereocenters. The first-order valence-electron chi connectivity index (χ1n) is 4.04. The molecule has 0 spiro atoms. The molecule has 6 nitrogen and oxygen atoms in total. The van der Waals surface area contributed by atoms with Gasteiger partial charge in [0.15, 0.2) is 0 Å². The fourth-order valence-corrected chi connectivity index (χ4v) is 1.16. The Labute approximate surface area is 85.1 Å². The molecule has 6 heteroatoms. The van der Waals surface area contributed by atoms with Crippen LogP contribution in [0.1, 0.15) is 22.0 Å². The molecule has 1 rings (SSSR count). The van der Waals surface area contributed by atoms with Gasteiger partial charge in [0.2, 0.25) is 0 Å². The molecule has 0 unspecified atom stereocenters. The predicted octanol–water partition coefficient (Wildman–Crippen LogP) is 0.0514. The number of rotatable bonds is 3. The van der Waals surface area contributed by atoms with Crippen molar-refractivity contribution in [2.24, 2.45) is 5.73 Å². The van der Waals surface area contributed by atoms with E-state index in [9.17, 15) is 9.59 Å². The number of nitrogens with two attached hydrogens (primary N) is 2. The number of carboxylic acid groups (broad SMARTS) is 2. The first kappa shape index (κ1) is 11.0. The van der Waals surface area contributed by atoms with Crippen molar-refractivity contribution in [2.45, 2.75) is 6.04 Å². The van der Waals surface area contributed by atoms with Gasteiger partial charge in [-0.2, -0.15) is 0 Å². The second-order valence-corrected chi connectivity index (χ2v) is 2.97. The van der Waals surface area contributed by atoms with Crippen LogP contribution in [-0.2, 0) is 4.79 Å². The van der Waals surface area contributed by atoms with E-state index in [1.54, 1.807) is 0 Å². The van der Waals surface area contributed by atoms with Crippen LogP contribution >= 0.6 is 0 Å². The van der Waals surface area contributed by atoms with Crippen LogP contribution < -0.4 is 11.5 Å². The molecule has 80 valence electrons. The normalized spacial score (nSPS) is 12.1. The van der Waals surface area contributed by atoms with Gasteiger partial charge >= 0.3 is 11.9 Å². The lowest BCUT2D eigenvalue weighted by molar-refractivity contribution is -0.138. The van der Waals surface area contributed by atoms with E-state index in [4.69, 9.17) is 21.7 Å². The van der Waals surface area contributed by atoms with Gasteiger partial charge in [0.1, 0.15) is 6.04 Å². The Kier molecular flexibility index (Phi) is 2.91. The highest BCUT2D eigenvalue weighted by molar-refractivity contribution is 5.92. The molecule has 0 aliphatic heterocycles. The van der Waals surface area contributed by atoms with Crippen molar-refractivity contribution in [3.05, 3.63) is 29.3 Å². The van der Waals surface area contributed by atoms with Gasteiger partial charge in [-0.15, -0.1) is 0 Å². The van der Waals surface area contributed by atoms with Crippen molar-refractivity contribution in [1.29, 1.82) is 0 Å². The summed E-state index contributed by atoms with van der Waals surface area (Å²) in [5, 5.41) is 17.5. The molecule has 0 aliphatic rings. The smallest absolute Gasteiger partial charge is 0.336 e. The first-order valence-corrected chi connectivity index (χ1v) is 4.04. The van der Waals surface area contributed by atoms with E-state index in [0.717, 1.165) is 0 Å². The highest BCUT2D eigenvalue weighted by atomic mass is 16.4. The zero-order chi connectivity index (χ0) is 11.6. The van der Waals surface area contributed by atoms with Gasteiger partial charge in [0.05, 0.1) is 5.56 Å². The SMILES string of the molecule is Nc1ccc([C@H](N)C(=O)O)c(C(=O)O)c1. The van der Waals surface area contributed by atoms with Gasteiger partial charge in [0, 0.05) is 5.69 Å². The van der Waals surface area contributed by atoms with E-state index in [1.165, 1.54) is 18.2 Å². The topological polar surface area (TPSA) is 127 Å². The Balaban J connectivity index is 3.28. The van der Waals surface area contributed by atoms with E-state index in [-0.39, 0.29) is 16.8 Å². The van der Waals surface area contributed by atoms with Gasteiger partial charge in [-0.3, -0.25) is 4.79 Å². The molecule has 15 heavy (non-hydrogen) atoms. The van der Waals surface area contributed by atoms with Crippen LogP contribution in [0.3, 0.4) is 0 Å². The second kappa shape index (κ2) is 3.97. The van der Waals surface area contributed by atoms with Crippen molar-refractivity contribution in [2.75, 3.05) is 5.73 Å². The van der Waals surface area contributed by atoms with Crippen molar-refractivity contribution in [3.8, 4) is 0 Å². The maximum Gasteiger partial charge on any atom is 0.336 e. The summed E-state index contributed by atoms with van der Waals surface area (Å²) in [6.45, 7) is 0. The molecule has 1 aromatic carbocycles. The third-order valence-electron chi connectivity index (χ3n) is 1.91. The standard InChI is InChI=1S/C9H10N2O4/c10-4-1-2-5(7(11)9(14)15)6(3-4)8(12)13/h1-3,7H,10-11H2,(H,12,13)(H,14,15)/t7-/m0/s1. The Morgan fingerprint density at radius 3 is 2.33 bits per heavy atom. The van der Waals surface area contributed by atoms with Crippen LogP contribution in [0.25, 0.3) is 0 Å². The zero-order valence-corrected chi connectivity index (χ0v) is 7.68. The fraction of sp³-hybridized carbons (Fsp3) is 0.111. The average molecular weight is 210 g/mol. The van der Waals surface area contributed by atoms with E-state index in [2.05, 4.69) is 0 Å². The molecule has 0 amide bonds. The van der Waals surface area contributed by atoms with Crippen LogP contribution in [0.5, 0.6) is 0 Å². The number of anilines is 1. The molecule has 0 aliphatic carbocycles. The minimum Gasteiger partial charge on any atom is -0.480 e. The van der Waals surface area contributed by atoms with Crippen LogP contribution in [0.2, 0.25) is 0 Å². The highest BCUT2D eigenvalue weighted by Gasteiger charge is 2.21. The molecule has 0 saturated carbocycles. The summed E-state index contributed by atoms with van der Waals surface area (Å²) in [5.74, 6) is -2.55. The van der Waals surface area contributed by atoms with Crippen molar-refractivity contribution in [3.63, 3.8) is 0 Å². The Morgan fingerprint density at radius 2 is 1.87 bits per heavy atom. The lowest BCUT2D eigenvalue weighted by Crippen LogP contribution is -2.23. The summed E-state index contributed by atoms with van der Waals surface area (Å²) >= 11 is 0. The molecule has 0 aromatic heterocycles. The molecule has 0 heterocycles. The van der Waals surface area contributed by atoms with E-state index in [1.807, 2.05) is 0 Å². The van der Waals surface area contributed by atoms with E-state index >= 15 is 0 Å². The van der Waals surface area contributed by atoms with Crippen molar-refractivity contribution >= 4 is 17.6 Å². The van der Waals surface area contributed by atoms with Crippen molar-refractivity contribution in [1.82, 2.24) is 0 Å². The predicted molar refractivity (Wildman–Crippen MR) is 52.4 cm³/mol. The quantitative estimate of drug-likeness (QED) is 0.522. The fourth-order valence-electron chi connectivity index (χ4n) is 1.16. The van der Waals surface area contributed by atoms with Gasteiger partial charge in [-0.1, -0.05) is 6.07 Å². The van der Waals surface area contributed by atoms with Crippen LogP contribution in [0.15, 0.2) is 18.2 Å².